The maximum Gasteiger partial charge on any atom is 0.263 e. The molecule has 1 saturated heterocycles. The Morgan fingerprint density at radius 1 is 1.47 bits per heavy atom. The zero-order valence-electron chi connectivity index (χ0n) is 9.87. The van der Waals surface area contributed by atoms with Gasteiger partial charge in [-0.1, -0.05) is 18.2 Å². The highest BCUT2D eigenvalue weighted by atomic mass is 16.5. The third-order valence-electron chi connectivity index (χ3n) is 2.88. The number of likely N-dealkylation sites (tertiary alicyclic amines) is 1. The fraction of sp³-hybridized carbons (Fsp3) is 0.462. The molecule has 0 spiro atoms. The third-order valence-corrected chi connectivity index (χ3v) is 2.88. The van der Waals surface area contributed by atoms with Gasteiger partial charge in [0.2, 0.25) is 0 Å². The van der Waals surface area contributed by atoms with Gasteiger partial charge in [-0.25, -0.2) is 0 Å². The quantitative estimate of drug-likeness (QED) is 0.852. The van der Waals surface area contributed by atoms with Crippen molar-refractivity contribution < 1.29 is 14.6 Å². The summed E-state index contributed by atoms with van der Waals surface area (Å²) in [7, 11) is 0. The number of aliphatic hydroxyl groups excluding tert-OH is 1. The van der Waals surface area contributed by atoms with E-state index in [2.05, 4.69) is 0 Å². The number of nitrogens with zero attached hydrogens (tertiary/aromatic N) is 1. The number of β-amino-alcohol motifs (C(OH)–C–C–N with tert-alkyl or cyclic N) is 1. The molecule has 4 nitrogen and oxygen atoms in total. The number of carbonyl (C=O) groups excluding carboxylic acids is 1. The summed E-state index contributed by atoms with van der Waals surface area (Å²) in [6.07, 6.45) is -0.241. The van der Waals surface area contributed by atoms with Crippen LogP contribution in [-0.4, -0.2) is 41.2 Å². The highest BCUT2D eigenvalue weighted by Crippen LogP contribution is 2.15. The van der Waals surface area contributed by atoms with Gasteiger partial charge in [0.15, 0.2) is 6.10 Å². The van der Waals surface area contributed by atoms with Crippen LogP contribution >= 0.6 is 0 Å². The van der Waals surface area contributed by atoms with E-state index in [4.69, 9.17) is 4.74 Å². The van der Waals surface area contributed by atoms with E-state index in [0.29, 0.717) is 25.3 Å². The molecule has 2 rings (SSSR count). The average Bonchev–Trinajstić information content (AvgIpc) is 2.76. The van der Waals surface area contributed by atoms with E-state index in [1.807, 2.05) is 30.3 Å². The molecular formula is C13H17NO3. The summed E-state index contributed by atoms with van der Waals surface area (Å²) in [5, 5.41) is 9.39. The molecule has 0 saturated carbocycles. The first-order valence-corrected chi connectivity index (χ1v) is 5.85. The number of ether oxygens (including phenoxy) is 1. The van der Waals surface area contributed by atoms with Crippen molar-refractivity contribution in [1.82, 2.24) is 4.90 Å². The van der Waals surface area contributed by atoms with Crippen LogP contribution in [0.15, 0.2) is 30.3 Å². The highest BCUT2D eigenvalue weighted by Gasteiger charge is 2.28. The van der Waals surface area contributed by atoms with Gasteiger partial charge >= 0.3 is 0 Å². The Hall–Kier alpha value is -1.55. The number of rotatable bonds is 3. The predicted molar refractivity (Wildman–Crippen MR) is 63.7 cm³/mol. The summed E-state index contributed by atoms with van der Waals surface area (Å²) >= 11 is 0. The molecule has 1 aliphatic heterocycles. The molecule has 4 heteroatoms. The molecule has 1 amide bonds. The van der Waals surface area contributed by atoms with Crippen LogP contribution in [0.2, 0.25) is 0 Å². The van der Waals surface area contributed by atoms with E-state index in [0.717, 1.165) is 0 Å². The van der Waals surface area contributed by atoms with Gasteiger partial charge in [0, 0.05) is 13.1 Å². The lowest BCUT2D eigenvalue weighted by Gasteiger charge is -2.21. The topological polar surface area (TPSA) is 49.8 Å². The van der Waals surface area contributed by atoms with Crippen LogP contribution < -0.4 is 4.74 Å². The van der Waals surface area contributed by atoms with Crippen LogP contribution in [0.25, 0.3) is 0 Å². The summed E-state index contributed by atoms with van der Waals surface area (Å²) in [5.41, 5.74) is 0. The van der Waals surface area contributed by atoms with Crippen LogP contribution in [-0.2, 0) is 4.79 Å². The number of carbonyl (C=O) groups is 1. The third kappa shape index (κ3) is 2.97. The Bertz CT molecular complexity index is 380. The van der Waals surface area contributed by atoms with Gasteiger partial charge < -0.3 is 14.7 Å². The van der Waals surface area contributed by atoms with Crippen molar-refractivity contribution in [2.24, 2.45) is 0 Å². The molecule has 1 fully saturated rings. The Balaban J connectivity index is 1.92. The smallest absolute Gasteiger partial charge is 0.263 e. The minimum atomic E-state index is -0.511. The first-order valence-electron chi connectivity index (χ1n) is 5.85. The molecule has 1 heterocycles. The molecule has 0 aliphatic carbocycles. The van der Waals surface area contributed by atoms with Crippen LogP contribution in [0, 0.1) is 0 Å². The monoisotopic (exact) mass is 235 g/mol. The first kappa shape index (κ1) is 11.9. The first-order chi connectivity index (χ1) is 8.16. The zero-order valence-corrected chi connectivity index (χ0v) is 9.87. The predicted octanol–water partition coefficient (Wildman–Crippen LogP) is 1.05. The van der Waals surface area contributed by atoms with Gasteiger partial charge in [0.1, 0.15) is 5.75 Å². The Morgan fingerprint density at radius 3 is 2.76 bits per heavy atom. The summed E-state index contributed by atoms with van der Waals surface area (Å²) in [6, 6.07) is 9.28. The lowest BCUT2D eigenvalue weighted by atomic mass is 10.3. The van der Waals surface area contributed by atoms with E-state index in [-0.39, 0.29) is 12.0 Å². The second-order valence-electron chi connectivity index (χ2n) is 4.30. The highest BCUT2D eigenvalue weighted by molar-refractivity contribution is 5.81. The largest absolute Gasteiger partial charge is 0.481 e. The fourth-order valence-electron chi connectivity index (χ4n) is 1.95. The molecule has 2 atom stereocenters. The number of benzene rings is 1. The standard InChI is InChI=1S/C13H17NO3/c1-10(17-12-5-3-2-4-6-12)13(16)14-8-7-11(15)9-14/h2-6,10-11,15H,7-9H2,1H3/t10?,11-/m0/s1. The van der Waals surface area contributed by atoms with Gasteiger partial charge in [-0.3, -0.25) is 4.79 Å². The minimum Gasteiger partial charge on any atom is -0.481 e. The molecule has 0 radical (unpaired) electrons. The van der Waals surface area contributed by atoms with Crippen LogP contribution in [0.5, 0.6) is 5.75 Å². The van der Waals surface area contributed by atoms with Crippen molar-refractivity contribution in [3.63, 3.8) is 0 Å². The summed E-state index contributed by atoms with van der Waals surface area (Å²) in [4.78, 5) is 13.6. The maximum atomic E-state index is 12.0. The molecular weight excluding hydrogens is 218 g/mol. The molecule has 1 aromatic rings. The number of hydrogen-bond acceptors (Lipinski definition) is 3. The van der Waals surface area contributed by atoms with Crippen molar-refractivity contribution in [3.8, 4) is 5.75 Å². The number of para-hydroxylation sites is 1. The molecule has 0 aromatic heterocycles. The second-order valence-corrected chi connectivity index (χ2v) is 4.30. The van der Waals surface area contributed by atoms with Gasteiger partial charge in [0.05, 0.1) is 6.10 Å². The SMILES string of the molecule is CC(Oc1ccccc1)C(=O)N1CC[C@H](O)C1. The van der Waals surface area contributed by atoms with E-state index < -0.39 is 6.10 Å². The second kappa shape index (κ2) is 5.19. The number of aliphatic hydroxyl groups is 1. The summed E-state index contributed by atoms with van der Waals surface area (Å²) in [6.45, 7) is 2.77. The molecule has 0 bridgehead atoms. The average molecular weight is 235 g/mol. The summed E-state index contributed by atoms with van der Waals surface area (Å²) < 4.78 is 5.55. The zero-order chi connectivity index (χ0) is 12.3. The van der Waals surface area contributed by atoms with Crippen LogP contribution in [0.4, 0.5) is 0 Å². The maximum absolute atomic E-state index is 12.0. The molecule has 17 heavy (non-hydrogen) atoms. The van der Waals surface area contributed by atoms with E-state index >= 15 is 0 Å². The van der Waals surface area contributed by atoms with Crippen LogP contribution in [0.3, 0.4) is 0 Å². The molecule has 1 aliphatic rings. The molecule has 1 N–H and O–H groups in total. The molecule has 1 aromatic carbocycles. The van der Waals surface area contributed by atoms with Crippen molar-refractivity contribution >= 4 is 5.91 Å². The lowest BCUT2D eigenvalue weighted by Crippen LogP contribution is -2.39. The van der Waals surface area contributed by atoms with E-state index in [9.17, 15) is 9.90 Å². The Labute approximate surface area is 101 Å². The van der Waals surface area contributed by atoms with Gasteiger partial charge in [-0.2, -0.15) is 0 Å². The molecule has 1 unspecified atom stereocenters. The van der Waals surface area contributed by atoms with Gasteiger partial charge in [-0.05, 0) is 25.5 Å². The van der Waals surface area contributed by atoms with Gasteiger partial charge in [0.25, 0.3) is 5.91 Å². The van der Waals surface area contributed by atoms with Gasteiger partial charge in [-0.15, -0.1) is 0 Å². The number of amides is 1. The van der Waals surface area contributed by atoms with Crippen molar-refractivity contribution in [2.45, 2.75) is 25.6 Å². The Morgan fingerprint density at radius 2 is 2.18 bits per heavy atom. The normalized spacial score (nSPS) is 21.3. The van der Waals surface area contributed by atoms with E-state index in [1.165, 1.54) is 0 Å². The van der Waals surface area contributed by atoms with Crippen LogP contribution in [0.1, 0.15) is 13.3 Å². The van der Waals surface area contributed by atoms with Crippen molar-refractivity contribution in [1.29, 1.82) is 0 Å². The molecule has 92 valence electrons. The van der Waals surface area contributed by atoms with Crippen molar-refractivity contribution in [2.75, 3.05) is 13.1 Å². The fourth-order valence-corrected chi connectivity index (χ4v) is 1.95. The van der Waals surface area contributed by atoms with E-state index in [1.54, 1.807) is 11.8 Å². The lowest BCUT2D eigenvalue weighted by molar-refractivity contribution is -0.137. The van der Waals surface area contributed by atoms with Crippen molar-refractivity contribution in [3.05, 3.63) is 30.3 Å². The summed E-state index contributed by atoms with van der Waals surface area (Å²) in [5.74, 6) is 0.624. The number of hydrogen-bond donors (Lipinski definition) is 1. The Kier molecular flexibility index (Phi) is 3.64. The minimum absolute atomic E-state index is 0.0644.